The number of rotatable bonds is 0. The van der Waals surface area contributed by atoms with Crippen molar-refractivity contribution in [2.45, 2.75) is 13.0 Å². The van der Waals surface area contributed by atoms with Crippen molar-refractivity contribution in [3.05, 3.63) is 29.8 Å². The number of amidine groups is 2. The van der Waals surface area contributed by atoms with E-state index < -0.39 is 0 Å². The van der Waals surface area contributed by atoms with Crippen molar-refractivity contribution in [3.63, 3.8) is 0 Å². The molecule has 82 valence electrons. The summed E-state index contributed by atoms with van der Waals surface area (Å²) in [4.78, 5) is 11.6. The first-order valence-electron chi connectivity index (χ1n) is 5.37. The van der Waals surface area contributed by atoms with Gasteiger partial charge in [0.2, 0.25) is 0 Å². The summed E-state index contributed by atoms with van der Waals surface area (Å²) in [6.07, 6.45) is 2.06. The Balaban J connectivity index is 2.19. The van der Waals surface area contributed by atoms with Crippen LogP contribution in [0.5, 0.6) is 0 Å². The second kappa shape index (κ2) is 3.63. The molecule has 1 unspecified atom stereocenters. The lowest BCUT2D eigenvalue weighted by Crippen LogP contribution is -2.35. The minimum atomic E-state index is 0.360. The Morgan fingerprint density at radius 2 is 2.19 bits per heavy atom. The SMILES string of the molecule is CSC1=Nc2ccccc2C2=NC(C)CN12. The highest BCUT2D eigenvalue weighted by molar-refractivity contribution is 8.13. The fourth-order valence-electron chi connectivity index (χ4n) is 2.13. The molecule has 0 saturated heterocycles. The number of para-hydroxylation sites is 1. The normalized spacial score (nSPS) is 22.4. The third kappa shape index (κ3) is 1.37. The predicted molar refractivity (Wildman–Crippen MR) is 69.8 cm³/mol. The van der Waals surface area contributed by atoms with E-state index in [0.717, 1.165) is 28.8 Å². The number of aliphatic imine (C=N–C) groups is 2. The molecule has 0 N–H and O–H groups in total. The van der Waals surface area contributed by atoms with Gasteiger partial charge in [-0.05, 0) is 25.3 Å². The van der Waals surface area contributed by atoms with Crippen LogP contribution in [0.25, 0.3) is 0 Å². The minimum absolute atomic E-state index is 0.360. The van der Waals surface area contributed by atoms with E-state index >= 15 is 0 Å². The molecule has 1 aromatic rings. The molecule has 2 aliphatic heterocycles. The maximum atomic E-state index is 4.70. The highest BCUT2D eigenvalue weighted by Gasteiger charge is 2.31. The Labute approximate surface area is 99.3 Å². The van der Waals surface area contributed by atoms with Gasteiger partial charge in [0.1, 0.15) is 5.84 Å². The summed E-state index contributed by atoms with van der Waals surface area (Å²) < 4.78 is 0. The zero-order valence-electron chi connectivity index (χ0n) is 9.34. The average molecular weight is 231 g/mol. The predicted octanol–water partition coefficient (Wildman–Crippen LogP) is 2.50. The van der Waals surface area contributed by atoms with Gasteiger partial charge in [-0.1, -0.05) is 23.9 Å². The molecule has 0 fully saturated rings. The molecule has 0 aromatic heterocycles. The monoisotopic (exact) mass is 231 g/mol. The van der Waals surface area contributed by atoms with E-state index in [0.29, 0.717) is 6.04 Å². The zero-order chi connectivity index (χ0) is 11.1. The van der Waals surface area contributed by atoms with Crippen molar-refractivity contribution >= 4 is 28.5 Å². The molecule has 0 saturated carbocycles. The standard InChI is InChI=1S/C12H13N3S/c1-8-7-15-11(13-8)9-5-3-4-6-10(9)14-12(15)16-2/h3-6,8H,7H2,1-2H3. The van der Waals surface area contributed by atoms with Crippen molar-refractivity contribution in [3.8, 4) is 0 Å². The number of benzene rings is 1. The summed E-state index contributed by atoms with van der Waals surface area (Å²) in [5.74, 6) is 1.09. The van der Waals surface area contributed by atoms with Crippen LogP contribution in [-0.2, 0) is 0 Å². The molecular weight excluding hydrogens is 218 g/mol. The maximum Gasteiger partial charge on any atom is 0.169 e. The summed E-state index contributed by atoms with van der Waals surface area (Å²) in [5.41, 5.74) is 2.20. The molecule has 3 nitrogen and oxygen atoms in total. The van der Waals surface area contributed by atoms with Gasteiger partial charge in [0.15, 0.2) is 5.17 Å². The molecule has 0 aliphatic carbocycles. The van der Waals surface area contributed by atoms with Crippen LogP contribution in [0.3, 0.4) is 0 Å². The van der Waals surface area contributed by atoms with Gasteiger partial charge in [-0.25, -0.2) is 4.99 Å². The first-order chi connectivity index (χ1) is 7.79. The topological polar surface area (TPSA) is 28.0 Å². The molecule has 0 bridgehead atoms. The van der Waals surface area contributed by atoms with E-state index in [4.69, 9.17) is 4.99 Å². The largest absolute Gasteiger partial charge is 0.303 e. The van der Waals surface area contributed by atoms with Crippen LogP contribution >= 0.6 is 11.8 Å². The minimum Gasteiger partial charge on any atom is -0.303 e. The summed E-state index contributed by atoms with van der Waals surface area (Å²) >= 11 is 1.68. The van der Waals surface area contributed by atoms with Crippen molar-refractivity contribution < 1.29 is 0 Å². The van der Waals surface area contributed by atoms with E-state index in [9.17, 15) is 0 Å². The van der Waals surface area contributed by atoms with E-state index in [1.807, 2.05) is 12.1 Å². The van der Waals surface area contributed by atoms with Gasteiger partial charge in [0.05, 0.1) is 11.7 Å². The molecule has 0 amide bonds. The first-order valence-corrected chi connectivity index (χ1v) is 6.59. The number of hydrogen-bond acceptors (Lipinski definition) is 4. The van der Waals surface area contributed by atoms with Crippen LogP contribution in [0.1, 0.15) is 12.5 Å². The second-order valence-corrected chi connectivity index (χ2v) is 4.80. The molecule has 1 atom stereocenters. The zero-order valence-corrected chi connectivity index (χ0v) is 10.2. The summed E-state index contributed by atoms with van der Waals surface area (Å²) in [5, 5.41) is 1.06. The lowest BCUT2D eigenvalue weighted by atomic mass is 10.1. The first kappa shape index (κ1) is 9.90. The molecule has 16 heavy (non-hydrogen) atoms. The van der Waals surface area contributed by atoms with Gasteiger partial charge in [-0.2, -0.15) is 0 Å². The summed E-state index contributed by atoms with van der Waals surface area (Å²) in [6.45, 7) is 3.09. The molecule has 2 aliphatic rings. The van der Waals surface area contributed by atoms with Gasteiger partial charge in [-0.3, -0.25) is 4.99 Å². The molecule has 0 radical (unpaired) electrons. The lowest BCUT2D eigenvalue weighted by Gasteiger charge is -2.26. The Kier molecular flexibility index (Phi) is 2.24. The van der Waals surface area contributed by atoms with Gasteiger partial charge in [0, 0.05) is 12.1 Å². The quantitative estimate of drug-likeness (QED) is 0.686. The van der Waals surface area contributed by atoms with Crippen molar-refractivity contribution in [1.82, 2.24) is 4.90 Å². The van der Waals surface area contributed by atoms with Crippen LogP contribution in [-0.4, -0.2) is 34.7 Å². The molecule has 4 heteroatoms. The van der Waals surface area contributed by atoms with Gasteiger partial charge >= 0.3 is 0 Å². The molecule has 3 rings (SSSR count). The molecule has 0 spiro atoms. The van der Waals surface area contributed by atoms with Crippen molar-refractivity contribution in [1.29, 1.82) is 0 Å². The Hall–Kier alpha value is -1.29. The Morgan fingerprint density at radius 3 is 3.00 bits per heavy atom. The maximum absolute atomic E-state index is 4.70. The number of nitrogens with zero attached hydrogens (tertiary/aromatic N) is 3. The third-order valence-electron chi connectivity index (χ3n) is 2.82. The highest BCUT2D eigenvalue weighted by Crippen LogP contribution is 2.31. The lowest BCUT2D eigenvalue weighted by molar-refractivity contribution is 0.605. The third-order valence-corrected chi connectivity index (χ3v) is 3.50. The highest BCUT2D eigenvalue weighted by atomic mass is 32.2. The average Bonchev–Trinajstić information content (AvgIpc) is 2.69. The summed E-state index contributed by atoms with van der Waals surface area (Å²) in [7, 11) is 0. The van der Waals surface area contributed by atoms with Gasteiger partial charge in [-0.15, -0.1) is 0 Å². The van der Waals surface area contributed by atoms with Crippen LogP contribution in [0.4, 0.5) is 5.69 Å². The number of fused-ring (bicyclic) bond motifs is 3. The van der Waals surface area contributed by atoms with Crippen LogP contribution in [0.15, 0.2) is 34.3 Å². The molecular formula is C12H13N3S. The van der Waals surface area contributed by atoms with Crippen LogP contribution in [0, 0.1) is 0 Å². The van der Waals surface area contributed by atoms with Crippen LogP contribution < -0.4 is 0 Å². The smallest absolute Gasteiger partial charge is 0.169 e. The van der Waals surface area contributed by atoms with E-state index in [1.54, 1.807) is 11.8 Å². The van der Waals surface area contributed by atoms with Crippen LogP contribution in [0.2, 0.25) is 0 Å². The Morgan fingerprint density at radius 1 is 1.38 bits per heavy atom. The number of thioether (sulfide) groups is 1. The Bertz CT molecular complexity index is 493. The van der Waals surface area contributed by atoms with E-state index in [1.165, 1.54) is 0 Å². The molecule has 2 heterocycles. The van der Waals surface area contributed by atoms with E-state index in [-0.39, 0.29) is 0 Å². The number of hydrogen-bond donors (Lipinski definition) is 0. The van der Waals surface area contributed by atoms with Crippen molar-refractivity contribution in [2.75, 3.05) is 12.8 Å². The van der Waals surface area contributed by atoms with Crippen molar-refractivity contribution in [2.24, 2.45) is 9.98 Å². The van der Waals surface area contributed by atoms with Gasteiger partial charge < -0.3 is 4.90 Å². The summed E-state index contributed by atoms with van der Waals surface area (Å²) in [6, 6.07) is 8.57. The van der Waals surface area contributed by atoms with Gasteiger partial charge in [0.25, 0.3) is 0 Å². The fourth-order valence-corrected chi connectivity index (χ4v) is 2.70. The van der Waals surface area contributed by atoms with E-state index in [2.05, 4.69) is 35.2 Å². The molecule has 1 aromatic carbocycles. The second-order valence-electron chi connectivity index (χ2n) is 4.03. The fraction of sp³-hybridized carbons (Fsp3) is 0.333.